The van der Waals surface area contributed by atoms with Crippen molar-refractivity contribution in [1.29, 1.82) is 0 Å². The number of aromatic carboxylic acids is 1. The van der Waals surface area contributed by atoms with E-state index in [-0.39, 0.29) is 11.0 Å². The standard InChI is InChI=1S/C10H11NO3/c12-9-6-3-1-2-4-8(6)11-5-7(9)10(13)14/h5H,1-4H2,(H,11,12)(H,13,14). The van der Waals surface area contributed by atoms with Crippen LogP contribution in [0.4, 0.5) is 0 Å². The number of fused-ring (bicyclic) bond motifs is 1. The first kappa shape index (κ1) is 8.99. The second kappa shape index (κ2) is 3.29. The molecule has 1 aromatic rings. The van der Waals surface area contributed by atoms with Crippen molar-refractivity contribution in [2.24, 2.45) is 0 Å². The summed E-state index contributed by atoms with van der Waals surface area (Å²) < 4.78 is 0. The highest BCUT2D eigenvalue weighted by Gasteiger charge is 2.17. The second-order valence-corrected chi connectivity index (χ2v) is 3.50. The zero-order chi connectivity index (χ0) is 10.1. The molecule has 74 valence electrons. The van der Waals surface area contributed by atoms with Gasteiger partial charge < -0.3 is 10.1 Å². The van der Waals surface area contributed by atoms with Crippen LogP contribution in [0, 0.1) is 0 Å². The fourth-order valence-electron chi connectivity index (χ4n) is 1.86. The van der Waals surface area contributed by atoms with Gasteiger partial charge in [0.25, 0.3) is 0 Å². The Kier molecular flexibility index (Phi) is 2.11. The number of aromatic nitrogens is 1. The lowest BCUT2D eigenvalue weighted by molar-refractivity contribution is 0.0695. The Bertz CT molecular complexity index is 433. The highest BCUT2D eigenvalue weighted by Crippen LogP contribution is 2.16. The molecule has 2 rings (SSSR count). The van der Waals surface area contributed by atoms with Crippen molar-refractivity contribution in [3.63, 3.8) is 0 Å². The van der Waals surface area contributed by atoms with Crippen molar-refractivity contribution >= 4 is 5.97 Å². The van der Waals surface area contributed by atoms with Crippen LogP contribution in [0.25, 0.3) is 0 Å². The third kappa shape index (κ3) is 1.32. The molecule has 0 bridgehead atoms. The van der Waals surface area contributed by atoms with Crippen LogP contribution in [0.2, 0.25) is 0 Å². The smallest absolute Gasteiger partial charge is 0.341 e. The maximum atomic E-state index is 11.7. The van der Waals surface area contributed by atoms with Crippen molar-refractivity contribution in [2.75, 3.05) is 0 Å². The molecular formula is C10H11NO3. The van der Waals surface area contributed by atoms with Crippen LogP contribution >= 0.6 is 0 Å². The number of carbonyl (C=O) groups is 1. The molecule has 0 fully saturated rings. The SMILES string of the molecule is O=C(O)c1c[nH]c2c(c1=O)CCCC2. The Morgan fingerprint density at radius 3 is 2.79 bits per heavy atom. The van der Waals surface area contributed by atoms with Crippen LogP contribution in [-0.4, -0.2) is 16.1 Å². The minimum Gasteiger partial charge on any atom is -0.477 e. The molecular weight excluding hydrogens is 182 g/mol. The van der Waals surface area contributed by atoms with Crippen LogP contribution in [0.1, 0.15) is 34.5 Å². The molecule has 0 spiro atoms. The Morgan fingerprint density at radius 1 is 1.36 bits per heavy atom. The van der Waals surface area contributed by atoms with E-state index in [1.54, 1.807) is 0 Å². The third-order valence-corrected chi connectivity index (χ3v) is 2.61. The van der Waals surface area contributed by atoms with Crippen LogP contribution < -0.4 is 5.43 Å². The van der Waals surface area contributed by atoms with Gasteiger partial charge >= 0.3 is 5.97 Å². The second-order valence-electron chi connectivity index (χ2n) is 3.50. The molecule has 1 aliphatic carbocycles. The molecule has 0 aliphatic heterocycles. The van der Waals surface area contributed by atoms with E-state index in [9.17, 15) is 9.59 Å². The predicted octanol–water partition coefficient (Wildman–Crippen LogP) is 0.952. The number of aryl methyl sites for hydroxylation is 1. The fourth-order valence-corrected chi connectivity index (χ4v) is 1.86. The van der Waals surface area contributed by atoms with Crippen LogP contribution in [0.15, 0.2) is 11.0 Å². The minimum atomic E-state index is -1.15. The molecule has 0 saturated carbocycles. The average Bonchev–Trinajstić information content (AvgIpc) is 2.18. The molecule has 2 N–H and O–H groups in total. The normalized spacial score (nSPS) is 14.9. The first-order valence-electron chi connectivity index (χ1n) is 4.67. The summed E-state index contributed by atoms with van der Waals surface area (Å²) in [5.41, 5.74) is 1.11. The van der Waals surface area contributed by atoms with E-state index in [4.69, 9.17) is 5.11 Å². The molecule has 4 heteroatoms. The summed E-state index contributed by atoms with van der Waals surface area (Å²) in [5, 5.41) is 8.75. The van der Waals surface area contributed by atoms with Crippen molar-refractivity contribution in [1.82, 2.24) is 4.98 Å². The number of hydrogen-bond donors (Lipinski definition) is 2. The Morgan fingerprint density at radius 2 is 2.07 bits per heavy atom. The summed E-state index contributed by atoms with van der Waals surface area (Å²) in [5.74, 6) is -1.15. The van der Waals surface area contributed by atoms with Gasteiger partial charge in [-0.15, -0.1) is 0 Å². The molecule has 0 atom stereocenters. The van der Waals surface area contributed by atoms with Gasteiger partial charge in [0.15, 0.2) is 5.43 Å². The number of aromatic amines is 1. The fraction of sp³-hybridized carbons (Fsp3) is 0.400. The Hall–Kier alpha value is -1.58. The first-order valence-corrected chi connectivity index (χ1v) is 4.67. The number of nitrogens with one attached hydrogen (secondary N) is 1. The first-order chi connectivity index (χ1) is 6.70. The summed E-state index contributed by atoms with van der Waals surface area (Å²) in [6.45, 7) is 0. The maximum Gasteiger partial charge on any atom is 0.341 e. The van der Waals surface area contributed by atoms with Crippen LogP contribution in [0.3, 0.4) is 0 Å². The summed E-state index contributed by atoms with van der Waals surface area (Å²) in [6, 6.07) is 0. The van der Waals surface area contributed by atoms with Gasteiger partial charge in [-0.05, 0) is 25.7 Å². The third-order valence-electron chi connectivity index (χ3n) is 2.61. The Labute approximate surface area is 80.6 Å². The van der Waals surface area contributed by atoms with Crippen LogP contribution in [0.5, 0.6) is 0 Å². The Balaban J connectivity index is 2.60. The summed E-state index contributed by atoms with van der Waals surface area (Å²) >= 11 is 0. The van der Waals surface area contributed by atoms with E-state index in [0.717, 1.165) is 25.0 Å². The molecule has 0 amide bonds. The van der Waals surface area contributed by atoms with E-state index in [1.165, 1.54) is 6.20 Å². The number of rotatable bonds is 1. The van der Waals surface area contributed by atoms with Gasteiger partial charge in [0, 0.05) is 17.5 Å². The largest absolute Gasteiger partial charge is 0.477 e. The van der Waals surface area contributed by atoms with Gasteiger partial charge in [0.05, 0.1) is 0 Å². The monoisotopic (exact) mass is 193 g/mol. The quantitative estimate of drug-likeness (QED) is 0.697. The van der Waals surface area contributed by atoms with Crippen LogP contribution in [-0.2, 0) is 12.8 Å². The van der Waals surface area contributed by atoms with Crippen molar-refractivity contribution in [3.05, 3.63) is 33.2 Å². The molecule has 0 radical (unpaired) electrons. The van der Waals surface area contributed by atoms with Crippen molar-refractivity contribution < 1.29 is 9.90 Å². The molecule has 0 unspecified atom stereocenters. The van der Waals surface area contributed by atoms with Crippen molar-refractivity contribution in [3.8, 4) is 0 Å². The van der Waals surface area contributed by atoms with Gasteiger partial charge in [-0.1, -0.05) is 0 Å². The number of carboxylic acids is 1. The highest BCUT2D eigenvalue weighted by atomic mass is 16.4. The molecule has 1 heterocycles. The molecule has 1 aliphatic rings. The number of H-pyrrole nitrogens is 1. The van der Waals surface area contributed by atoms with E-state index in [2.05, 4.69) is 4.98 Å². The van der Waals surface area contributed by atoms with Gasteiger partial charge in [-0.3, -0.25) is 4.79 Å². The minimum absolute atomic E-state index is 0.148. The molecule has 4 nitrogen and oxygen atoms in total. The summed E-state index contributed by atoms with van der Waals surface area (Å²) in [7, 11) is 0. The number of carboxylic acid groups (broad SMARTS) is 1. The van der Waals surface area contributed by atoms with E-state index >= 15 is 0 Å². The van der Waals surface area contributed by atoms with Crippen molar-refractivity contribution in [2.45, 2.75) is 25.7 Å². The molecule has 0 aromatic carbocycles. The zero-order valence-electron chi connectivity index (χ0n) is 7.67. The molecule has 14 heavy (non-hydrogen) atoms. The molecule has 1 aromatic heterocycles. The zero-order valence-corrected chi connectivity index (χ0v) is 7.67. The van der Waals surface area contributed by atoms with Gasteiger partial charge in [-0.2, -0.15) is 0 Å². The molecule has 0 saturated heterocycles. The maximum absolute atomic E-state index is 11.7. The van der Waals surface area contributed by atoms with E-state index in [1.807, 2.05) is 0 Å². The highest BCUT2D eigenvalue weighted by molar-refractivity contribution is 5.87. The summed E-state index contributed by atoms with van der Waals surface area (Å²) in [6.07, 6.45) is 4.89. The topological polar surface area (TPSA) is 70.2 Å². The predicted molar refractivity (Wildman–Crippen MR) is 50.7 cm³/mol. The van der Waals surface area contributed by atoms with E-state index in [0.29, 0.717) is 12.0 Å². The van der Waals surface area contributed by atoms with Gasteiger partial charge in [0.1, 0.15) is 5.56 Å². The average molecular weight is 193 g/mol. The lowest BCUT2D eigenvalue weighted by atomic mass is 9.94. The lowest BCUT2D eigenvalue weighted by Crippen LogP contribution is -2.23. The lowest BCUT2D eigenvalue weighted by Gasteiger charge is -2.14. The number of pyridine rings is 1. The van der Waals surface area contributed by atoms with Gasteiger partial charge in [0.2, 0.25) is 0 Å². The summed E-state index contributed by atoms with van der Waals surface area (Å²) in [4.78, 5) is 25.2. The van der Waals surface area contributed by atoms with E-state index < -0.39 is 5.97 Å². The van der Waals surface area contributed by atoms with Gasteiger partial charge in [-0.25, -0.2) is 4.79 Å². The number of hydrogen-bond acceptors (Lipinski definition) is 2.